The van der Waals surface area contributed by atoms with Crippen molar-refractivity contribution in [2.75, 3.05) is 12.4 Å². The van der Waals surface area contributed by atoms with Gasteiger partial charge in [0.05, 0.1) is 10.7 Å². The van der Waals surface area contributed by atoms with Gasteiger partial charge in [-0.1, -0.05) is 0 Å². The van der Waals surface area contributed by atoms with Crippen LogP contribution in [0.1, 0.15) is 24.3 Å². The van der Waals surface area contributed by atoms with E-state index in [0.717, 1.165) is 4.90 Å². The second-order valence-corrected chi connectivity index (χ2v) is 8.01. The highest BCUT2D eigenvalue weighted by Crippen LogP contribution is 2.40. The molecule has 2 aliphatic heterocycles. The lowest BCUT2D eigenvalue weighted by molar-refractivity contribution is -0.149. The molecular weight excluding hydrogens is 456 g/mol. The SMILES string of the molecule is CCn1ncc(Br)c1C(=O)N[C@@H]1C(=O)N2C(C(=O)O)=C(COC(C)=O)CS[C@H]12. The number of carbonyl (C=O) groups excluding carboxylic acids is 3. The lowest BCUT2D eigenvalue weighted by Crippen LogP contribution is -2.70. The summed E-state index contributed by atoms with van der Waals surface area (Å²) < 4.78 is 6.88. The van der Waals surface area contributed by atoms with Crippen LogP contribution in [-0.2, 0) is 25.7 Å². The molecule has 0 aliphatic carbocycles. The Morgan fingerprint density at radius 3 is 2.79 bits per heavy atom. The Labute approximate surface area is 172 Å². The maximum atomic E-state index is 12.6. The van der Waals surface area contributed by atoms with Crippen LogP contribution < -0.4 is 5.32 Å². The van der Waals surface area contributed by atoms with E-state index in [-0.39, 0.29) is 18.1 Å². The summed E-state index contributed by atoms with van der Waals surface area (Å²) >= 11 is 4.57. The highest BCUT2D eigenvalue weighted by atomic mass is 79.9. The minimum atomic E-state index is -1.28. The summed E-state index contributed by atoms with van der Waals surface area (Å²) in [5.41, 5.74) is 0.438. The Bertz CT molecular complexity index is 898. The number of halogens is 1. The molecule has 0 spiro atoms. The molecule has 1 fully saturated rings. The number of thioether (sulfide) groups is 1. The van der Waals surface area contributed by atoms with Crippen LogP contribution in [0.4, 0.5) is 0 Å². The number of amides is 2. The number of nitrogens with one attached hydrogen (secondary N) is 1. The summed E-state index contributed by atoms with van der Waals surface area (Å²) in [4.78, 5) is 49.0. The molecule has 1 saturated heterocycles. The van der Waals surface area contributed by atoms with E-state index in [1.54, 1.807) is 0 Å². The lowest BCUT2D eigenvalue weighted by Gasteiger charge is -2.49. The number of hydrogen-bond donors (Lipinski definition) is 2. The van der Waals surface area contributed by atoms with Crippen LogP contribution in [0.5, 0.6) is 0 Å². The fraction of sp³-hybridized carbons (Fsp3) is 0.438. The molecule has 12 heteroatoms. The summed E-state index contributed by atoms with van der Waals surface area (Å²) in [6.45, 7) is 3.33. The number of carbonyl (C=O) groups is 4. The second-order valence-electron chi connectivity index (χ2n) is 6.06. The first kappa shape index (κ1) is 20.4. The minimum Gasteiger partial charge on any atom is -0.477 e. The fourth-order valence-electron chi connectivity index (χ4n) is 3.02. The van der Waals surface area contributed by atoms with Gasteiger partial charge in [-0.3, -0.25) is 24.0 Å². The molecule has 2 atom stereocenters. The molecule has 0 unspecified atom stereocenters. The van der Waals surface area contributed by atoms with Crippen LogP contribution in [0, 0.1) is 0 Å². The largest absolute Gasteiger partial charge is 0.477 e. The summed E-state index contributed by atoms with van der Waals surface area (Å²) in [6, 6.07) is -0.853. The van der Waals surface area contributed by atoms with Crippen LogP contribution in [0.3, 0.4) is 0 Å². The van der Waals surface area contributed by atoms with Crippen molar-refractivity contribution in [3.05, 3.63) is 27.6 Å². The van der Waals surface area contributed by atoms with Gasteiger partial charge in [-0.25, -0.2) is 4.79 Å². The third kappa shape index (κ3) is 3.53. The fourth-order valence-corrected chi connectivity index (χ4v) is 4.82. The van der Waals surface area contributed by atoms with Crippen molar-refractivity contribution in [1.29, 1.82) is 0 Å². The smallest absolute Gasteiger partial charge is 0.352 e. The molecule has 2 amide bonds. The van der Waals surface area contributed by atoms with E-state index in [0.29, 0.717) is 22.3 Å². The van der Waals surface area contributed by atoms with Gasteiger partial charge in [0.1, 0.15) is 29.4 Å². The van der Waals surface area contributed by atoms with Crippen molar-refractivity contribution in [3.8, 4) is 0 Å². The monoisotopic (exact) mass is 472 g/mol. The van der Waals surface area contributed by atoms with Crippen LogP contribution >= 0.6 is 27.7 Å². The number of hydrogen-bond acceptors (Lipinski definition) is 7. The third-order valence-electron chi connectivity index (χ3n) is 4.30. The Hall–Kier alpha value is -2.34. The Morgan fingerprint density at radius 1 is 1.46 bits per heavy atom. The summed E-state index contributed by atoms with van der Waals surface area (Å²) in [7, 11) is 0. The van der Waals surface area contributed by atoms with Gasteiger partial charge in [-0.15, -0.1) is 11.8 Å². The molecule has 28 heavy (non-hydrogen) atoms. The van der Waals surface area contributed by atoms with Crippen molar-refractivity contribution in [2.45, 2.75) is 31.8 Å². The first-order valence-corrected chi connectivity index (χ1v) is 10.2. The van der Waals surface area contributed by atoms with Gasteiger partial charge < -0.3 is 15.2 Å². The van der Waals surface area contributed by atoms with Gasteiger partial charge >= 0.3 is 11.9 Å². The molecule has 1 aromatic heterocycles. The van der Waals surface area contributed by atoms with Crippen molar-refractivity contribution in [3.63, 3.8) is 0 Å². The molecule has 3 rings (SSSR count). The topological polar surface area (TPSA) is 131 Å². The quantitative estimate of drug-likeness (QED) is 0.453. The van der Waals surface area contributed by atoms with E-state index in [4.69, 9.17) is 4.74 Å². The van der Waals surface area contributed by atoms with Crippen molar-refractivity contribution >= 4 is 51.4 Å². The lowest BCUT2D eigenvalue weighted by atomic mass is 10.0. The van der Waals surface area contributed by atoms with E-state index >= 15 is 0 Å². The molecule has 2 aliphatic rings. The number of nitrogens with zero attached hydrogens (tertiary/aromatic N) is 3. The molecule has 0 radical (unpaired) electrons. The summed E-state index contributed by atoms with van der Waals surface area (Å²) in [6.07, 6.45) is 1.50. The summed E-state index contributed by atoms with van der Waals surface area (Å²) in [5.74, 6) is -2.55. The zero-order chi connectivity index (χ0) is 20.6. The average molecular weight is 473 g/mol. The molecule has 0 bridgehead atoms. The highest BCUT2D eigenvalue weighted by molar-refractivity contribution is 9.10. The maximum Gasteiger partial charge on any atom is 0.352 e. The van der Waals surface area contributed by atoms with Gasteiger partial charge in [0.2, 0.25) is 0 Å². The Kier molecular flexibility index (Phi) is 5.79. The Balaban J connectivity index is 1.78. The van der Waals surface area contributed by atoms with Crippen molar-refractivity contribution in [2.24, 2.45) is 0 Å². The van der Waals surface area contributed by atoms with Crippen molar-refractivity contribution < 1.29 is 29.0 Å². The Morgan fingerprint density at radius 2 is 2.18 bits per heavy atom. The molecule has 1 aromatic rings. The van der Waals surface area contributed by atoms with Crippen molar-refractivity contribution in [1.82, 2.24) is 20.0 Å². The van der Waals surface area contributed by atoms with Crippen LogP contribution in [-0.4, -0.2) is 67.3 Å². The number of aromatic nitrogens is 2. The molecular formula is C16H17BrN4O6S. The number of esters is 1. The van der Waals surface area contributed by atoms with E-state index in [9.17, 15) is 24.3 Å². The second kappa shape index (κ2) is 7.95. The minimum absolute atomic E-state index is 0.194. The molecule has 0 saturated carbocycles. The number of fused-ring (bicyclic) bond motifs is 1. The first-order chi connectivity index (χ1) is 13.3. The number of aliphatic carboxylic acids is 1. The first-order valence-electron chi connectivity index (χ1n) is 8.31. The third-order valence-corrected chi connectivity index (χ3v) is 6.22. The number of ether oxygens (including phenoxy) is 1. The van der Waals surface area contributed by atoms with Crippen LogP contribution in [0.2, 0.25) is 0 Å². The van der Waals surface area contributed by atoms with Gasteiger partial charge in [-0.05, 0) is 22.9 Å². The number of aryl methyl sites for hydroxylation is 1. The predicted molar refractivity (Wildman–Crippen MR) is 101 cm³/mol. The summed E-state index contributed by atoms with van der Waals surface area (Å²) in [5, 5.41) is 15.7. The van der Waals surface area contributed by atoms with Crippen LogP contribution in [0.25, 0.3) is 0 Å². The molecule has 0 aromatic carbocycles. The maximum absolute atomic E-state index is 12.6. The molecule has 10 nitrogen and oxygen atoms in total. The van der Waals surface area contributed by atoms with Gasteiger partial charge in [0, 0.05) is 24.8 Å². The van der Waals surface area contributed by atoms with Gasteiger partial charge in [-0.2, -0.15) is 5.10 Å². The zero-order valence-corrected chi connectivity index (χ0v) is 17.4. The normalized spacial score (nSPS) is 21.1. The van der Waals surface area contributed by atoms with E-state index in [1.807, 2.05) is 6.92 Å². The van der Waals surface area contributed by atoms with Gasteiger partial charge in [0.25, 0.3) is 11.8 Å². The predicted octanol–water partition coefficient (Wildman–Crippen LogP) is 0.581. The number of rotatable bonds is 6. The number of carboxylic acid groups (broad SMARTS) is 1. The van der Waals surface area contributed by atoms with Crippen LogP contribution in [0.15, 0.2) is 21.9 Å². The zero-order valence-electron chi connectivity index (χ0n) is 15.0. The molecule has 3 heterocycles. The van der Waals surface area contributed by atoms with Gasteiger partial charge in [0.15, 0.2) is 0 Å². The molecule has 2 N–H and O–H groups in total. The average Bonchev–Trinajstić information content (AvgIpc) is 3.03. The number of carboxylic acids is 1. The van der Waals surface area contributed by atoms with E-state index in [2.05, 4.69) is 26.3 Å². The molecule has 150 valence electrons. The standard InChI is InChI=1S/C16H17BrN4O6S/c1-3-20-12(9(17)4-18-20)13(23)19-10-14(24)21-11(16(25)26)8(5-27-7(2)22)6-28-15(10)21/h4,10,15H,3,5-6H2,1-2H3,(H,19,23)(H,25,26)/t10-,15-/m1/s1. The highest BCUT2D eigenvalue weighted by Gasteiger charge is 2.54. The van der Waals surface area contributed by atoms with E-state index in [1.165, 1.54) is 29.6 Å². The number of β-lactam (4-membered cyclic amide) rings is 1. The van der Waals surface area contributed by atoms with E-state index < -0.39 is 35.2 Å².